The molecular formula is C17H18F3N3O3. The average molecular weight is 369 g/mol. The highest BCUT2D eigenvalue weighted by molar-refractivity contribution is 5.92. The second-order valence-electron chi connectivity index (χ2n) is 5.22. The quantitative estimate of drug-likeness (QED) is 0.538. The molecule has 0 aliphatic heterocycles. The monoisotopic (exact) mass is 369 g/mol. The number of nitrogens with two attached hydrogens (primary N) is 1. The Hall–Kier alpha value is -2.94. The molecule has 1 unspecified atom stereocenters. The summed E-state index contributed by atoms with van der Waals surface area (Å²) in [6.07, 6.45) is -5.63. The number of anilines is 1. The van der Waals surface area contributed by atoms with Gasteiger partial charge in [-0.1, -0.05) is 12.1 Å². The van der Waals surface area contributed by atoms with Gasteiger partial charge in [0.1, 0.15) is 11.5 Å². The lowest BCUT2D eigenvalue weighted by molar-refractivity contribution is -0.274. The van der Waals surface area contributed by atoms with E-state index in [1.807, 2.05) is 0 Å². The minimum Gasteiger partial charge on any atom is -0.497 e. The van der Waals surface area contributed by atoms with Crippen LogP contribution >= 0.6 is 0 Å². The summed E-state index contributed by atoms with van der Waals surface area (Å²) in [7, 11) is 1.52. The number of aliphatic hydroxyl groups is 1. The maximum atomic E-state index is 12.1. The summed E-state index contributed by atoms with van der Waals surface area (Å²) in [5.41, 5.74) is 6.77. The normalized spacial score (nSPS) is 13.2. The molecule has 0 aliphatic rings. The van der Waals surface area contributed by atoms with Gasteiger partial charge in [-0.2, -0.15) is 0 Å². The number of nitrogens with one attached hydrogen (secondary N) is 1. The highest BCUT2D eigenvalue weighted by Crippen LogP contribution is 2.24. The third kappa shape index (κ3) is 6.17. The summed E-state index contributed by atoms with van der Waals surface area (Å²) in [4.78, 5) is 4.01. The van der Waals surface area contributed by atoms with Crippen LogP contribution in [-0.4, -0.2) is 31.1 Å². The zero-order chi connectivity index (χ0) is 19.2. The minimum atomic E-state index is -4.74. The number of hydrogen-bond donors (Lipinski definition) is 3. The SMILES string of the molecule is COc1cccc(C(O)CN=C(N)Nc2ccc(OC(F)(F)F)cc2)c1. The Morgan fingerprint density at radius 3 is 2.50 bits per heavy atom. The van der Waals surface area contributed by atoms with Gasteiger partial charge in [0.05, 0.1) is 19.8 Å². The fraction of sp³-hybridized carbons (Fsp3) is 0.235. The van der Waals surface area contributed by atoms with Crippen LogP contribution < -0.4 is 20.5 Å². The molecular weight excluding hydrogens is 351 g/mol. The molecule has 0 radical (unpaired) electrons. The molecule has 0 spiro atoms. The molecule has 0 bridgehead atoms. The van der Waals surface area contributed by atoms with Gasteiger partial charge in [-0.05, 0) is 42.0 Å². The van der Waals surface area contributed by atoms with E-state index in [0.29, 0.717) is 17.0 Å². The van der Waals surface area contributed by atoms with Crippen molar-refractivity contribution in [3.05, 3.63) is 54.1 Å². The Morgan fingerprint density at radius 1 is 1.19 bits per heavy atom. The van der Waals surface area contributed by atoms with Crippen LogP contribution in [0.3, 0.4) is 0 Å². The predicted molar refractivity (Wildman–Crippen MR) is 91.2 cm³/mol. The average Bonchev–Trinajstić information content (AvgIpc) is 2.60. The Balaban J connectivity index is 1.93. The van der Waals surface area contributed by atoms with Crippen LogP contribution in [-0.2, 0) is 0 Å². The second-order valence-corrected chi connectivity index (χ2v) is 5.22. The van der Waals surface area contributed by atoms with Crippen molar-refractivity contribution < 1.29 is 27.8 Å². The number of guanidine groups is 1. The summed E-state index contributed by atoms with van der Waals surface area (Å²) in [6.45, 7) is 0.00126. The second kappa shape index (κ2) is 8.43. The first-order valence-electron chi connectivity index (χ1n) is 7.51. The van der Waals surface area contributed by atoms with Crippen LogP contribution in [0.1, 0.15) is 11.7 Å². The van der Waals surface area contributed by atoms with Gasteiger partial charge < -0.3 is 25.6 Å². The van der Waals surface area contributed by atoms with Crippen molar-refractivity contribution in [2.75, 3.05) is 19.0 Å². The maximum Gasteiger partial charge on any atom is 0.573 e. The molecule has 2 aromatic rings. The number of benzene rings is 2. The van der Waals surface area contributed by atoms with Gasteiger partial charge in [-0.25, -0.2) is 0 Å². The lowest BCUT2D eigenvalue weighted by Gasteiger charge is -2.12. The van der Waals surface area contributed by atoms with Gasteiger partial charge in [0.15, 0.2) is 5.96 Å². The number of nitrogens with zero attached hydrogens (tertiary/aromatic N) is 1. The van der Waals surface area contributed by atoms with Gasteiger partial charge in [0.25, 0.3) is 0 Å². The smallest absolute Gasteiger partial charge is 0.497 e. The molecule has 4 N–H and O–H groups in total. The van der Waals surface area contributed by atoms with Crippen LogP contribution in [0.25, 0.3) is 0 Å². The number of methoxy groups -OCH3 is 1. The first-order chi connectivity index (χ1) is 12.3. The molecule has 0 aromatic heterocycles. The largest absolute Gasteiger partial charge is 0.573 e. The van der Waals surface area contributed by atoms with Gasteiger partial charge in [0.2, 0.25) is 0 Å². The van der Waals surface area contributed by atoms with Crippen molar-refractivity contribution in [3.8, 4) is 11.5 Å². The number of alkyl halides is 3. The zero-order valence-electron chi connectivity index (χ0n) is 13.8. The Morgan fingerprint density at radius 2 is 1.88 bits per heavy atom. The van der Waals surface area contributed by atoms with Gasteiger partial charge in [-0.15, -0.1) is 13.2 Å². The summed E-state index contributed by atoms with van der Waals surface area (Å²) >= 11 is 0. The molecule has 1 atom stereocenters. The summed E-state index contributed by atoms with van der Waals surface area (Å²) < 4.78 is 45.2. The minimum absolute atomic E-state index is 0.00126. The van der Waals surface area contributed by atoms with Crippen LogP contribution in [0.15, 0.2) is 53.5 Å². The predicted octanol–water partition coefficient (Wildman–Crippen LogP) is 3.05. The molecule has 0 amide bonds. The van der Waals surface area contributed by atoms with Crippen LogP contribution in [0.2, 0.25) is 0 Å². The van der Waals surface area contributed by atoms with E-state index >= 15 is 0 Å². The number of ether oxygens (including phenoxy) is 2. The molecule has 0 saturated carbocycles. The van der Waals surface area contributed by atoms with E-state index < -0.39 is 12.5 Å². The molecule has 0 aliphatic carbocycles. The molecule has 0 fully saturated rings. The molecule has 0 saturated heterocycles. The Kier molecular flexibility index (Phi) is 6.29. The van der Waals surface area contributed by atoms with Crippen LogP contribution in [0.5, 0.6) is 11.5 Å². The molecule has 0 heterocycles. The topological polar surface area (TPSA) is 89.1 Å². The number of halogens is 3. The van der Waals surface area contributed by atoms with E-state index in [1.165, 1.54) is 19.2 Å². The summed E-state index contributed by atoms with van der Waals surface area (Å²) in [6, 6.07) is 11.9. The number of hydrogen-bond acceptors (Lipinski definition) is 4. The van der Waals surface area contributed by atoms with E-state index in [-0.39, 0.29) is 18.3 Å². The van der Waals surface area contributed by atoms with Crippen molar-refractivity contribution in [2.24, 2.45) is 10.7 Å². The Labute approximate surface area is 148 Å². The standard InChI is InChI=1S/C17H18F3N3O3/c1-25-14-4-2-3-11(9-14)15(24)10-22-16(21)23-12-5-7-13(8-6-12)26-17(18,19)20/h2-9,15,24H,10H2,1H3,(H3,21,22,23). The number of rotatable bonds is 6. The summed E-state index contributed by atoms with van der Waals surface area (Å²) in [5, 5.41) is 12.8. The third-order valence-electron chi connectivity index (χ3n) is 3.27. The zero-order valence-corrected chi connectivity index (χ0v) is 13.8. The van der Waals surface area contributed by atoms with Crippen LogP contribution in [0, 0.1) is 0 Å². The molecule has 2 rings (SSSR count). The van der Waals surface area contributed by atoms with E-state index in [9.17, 15) is 18.3 Å². The third-order valence-corrected chi connectivity index (χ3v) is 3.27. The van der Waals surface area contributed by atoms with Crippen molar-refractivity contribution in [1.29, 1.82) is 0 Å². The first kappa shape index (κ1) is 19.4. The van der Waals surface area contributed by atoms with E-state index in [4.69, 9.17) is 10.5 Å². The number of aliphatic imine (C=N–C) groups is 1. The van der Waals surface area contributed by atoms with E-state index in [1.54, 1.807) is 24.3 Å². The summed E-state index contributed by atoms with van der Waals surface area (Å²) in [5.74, 6) is 0.279. The first-order valence-corrected chi connectivity index (χ1v) is 7.51. The lowest BCUT2D eigenvalue weighted by atomic mass is 10.1. The lowest BCUT2D eigenvalue weighted by Crippen LogP contribution is -2.23. The van der Waals surface area contributed by atoms with Crippen molar-refractivity contribution in [2.45, 2.75) is 12.5 Å². The van der Waals surface area contributed by atoms with Crippen molar-refractivity contribution >= 4 is 11.6 Å². The van der Waals surface area contributed by atoms with Gasteiger partial charge in [-0.3, -0.25) is 4.99 Å². The molecule has 26 heavy (non-hydrogen) atoms. The fourth-order valence-electron chi connectivity index (χ4n) is 2.07. The number of aliphatic hydroxyl groups excluding tert-OH is 1. The fourth-order valence-corrected chi connectivity index (χ4v) is 2.07. The maximum absolute atomic E-state index is 12.1. The molecule has 9 heteroatoms. The highest BCUT2D eigenvalue weighted by atomic mass is 19.4. The van der Waals surface area contributed by atoms with E-state index in [2.05, 4.69) is 15.0 Å². The molecule has 140 valence electrons. The molecule has 6 nitrogen and oxygen atoms in total. The van der Waals surface area contributed by atoms with Crippen molar-refractivity contribution in [1.82, 2.24) is 0 Å². The van der Waals surface area contributed by atoms with E-state index in [0.717, 1.165) is 12.1 Å². The molecule has 2 aromatic carbocycles. The van der Waals surface area contributed by atoms with Gasteiger partial charge in [0, 0.05) is 5.69 Å². The Bertz CT molecular complexity index is 749. The highest BCUT2D eigenvalue weighted by Gasteiger charge is 2.30. The van der Waals surface area contributed by atoms with Crippen molar-refractivity contribution in [3.63, 3.8) is 0 Å². The van der Waals surface area contributed by atoms with Crippen LogP contribution in [0.4, 0.5) is 18.9 Å². The van der Waals surface area contributed by atoms with Gasteiger partial charge >= 0.3 is 6.36 Å².